The van der Waals surface area contributed by atoms with E-state index in [2.05, 4.69) is 5.32 Å². The molecule has 1 aromatic heterocycles. The first-order valence-electron chi connectivity index (χ1n) is 7.64. The van der Waals surface area contributed by atoms with Crippen LogP contribution < -0.4 is 15.2 Å². The third kappa shape index (κ3) is 3.76. The van der Waals surface area contributed by atoms with Gasteiger partial charge in [-0.15, -0.1) is 0 Å². The Labute approximate surface area is 151 Å². The van der Waals surface area contributed by atoms with Crippen molar-refractivity contribution in [2.75, 3.05) is 12.4 Å². The molecule has 0 bridgehead atoms. The van der Waals surface area contributed by atoms with Gasteiger partial charge in [-0.25, -0.2) is 13.6 Å². The van der Waals surface area contributed by atoms with Gasteiger partial charge in [0.15, 0.2) is 0 Å². The topological polar surface area (TPSA) is 103 Å². The molecule has 1 amide bonds. The zero-order chi connectivity index (χ0) is 18.7. The first-order chi connectivity index (χ1) is 12.4. The van der Waals surface area contributed by atoms with Gasteiger partial charge in [0.2, 0.25) is 10.0 Å². The average Bonchev–Trinajstić information content (AvgIpc) is 3.15. The Kier molecular flexibility index (Phi) is 4.79. The number of hydrogen-bond donors (Lipinski definition) is 2. The number of amides is 1. The highest BCUT2D eigenvalue weighted by molar-refractivity contribution is 7.89. The number of nitrogens with one attached hydrogen (secondary N) is 1. The highest BCUT2D eigenvalue weighted by Gasteiger charge is 2.17. The molecule has 0 saturated heterocycles. The molecule has 0 fully saturated rings. The summed E-state index contributed by atoms with van der Waals surface area (Å²) in [6.07, 6.45) is 3.78. The summed E-state index contributed by atoms with van der Waals surface area (Å²) >= 11 is 0. The van der Waals surface area contributed by atoms with Gasteiger partial charge in [-0.1, -0.05) is 6.07 Å². The Morgan fingerprint density at radius 3 is 2.46 bits per heavy atom. The van der Waals surface area contributed by atoms with Gasteiger partial charge in [-0.05, 0) is 48.5 Å². The normalized spacial score (nSPS) is 11.2. The van der Waals surface area contributed by atoms with Crippen LogP contribution in [0.1, 0.15) is 10.4 Å². The van der Waals surface area contributed by atoms with Gasteiger partial charge in [0, 0.05) is 23.8 Å². The summed E-state index contributed by atoms with van der Waals surface area (Å²) in [5.41, 5.74) is 1.51. The molecule has 0 aliphatic rings. The first-order valence-corrected chi connectivity index (χ1v) is 9.19. The molecule has 0 unspecified atom stereocenters. The van der Waals surface area contributed by atoms with Crippen LogP contribution in [0.15, 0.2) is 71.9 Å². The molecule has 8 heteroatoms. The van der Waals surface area contributed by atoms with E-state index >= 15 is 0 Å². The lowest BCUT2D eigenvalue weighted by molar-refractivity contribution is 0.102. The highest BCUT2D eigenvalue weighted by atomic mass is 32.2. The molecular weight excluding hydrogens is 354 g/mol. The van der Waals surface area contributed by atoms with Crippen molar-refractivity contribution in [3.8, 4) is 11.4 Å². The van der Waals surface area contributed by atoms with E-state index in [1.807, 2.05) is 41.2 Å². The second kappa shape index (κ2) is 7.03. The van der Waals surface area contributed by atoms with Gasteiger partial charge in [0.05, 0.1) is 17.6 Å². The van der Waals surface area contributed by atoms with E-state index in [1.54, 1.807) is 12.1 Å². The second-order valence-corrected chi connectivity index (χ2v) is 7.06. The highest BCUT2D eigenvalue weighted by Crippen LogP contribution is 2.24. The van der Waals surface area contributed by atoms with Gasteiger partial charge < -0.3 is 14.6 Å². The Bertz CT molecular complexity index is 1040. The van der Waals surface area contributed by atoms with Gasteiger partial charge in [-0.2, -0.15) is 0 Å². The molecule has 26 heavy (non-hydrogen) atoms. The lowest BCUT2D eigenvalue weighted by Crippen LogP contribution is -2.17. The van der Waals surface area contributed by atoms with Crippen molar-refractivity contribution < 1.29 is 17.9 Å². The standard InChI is InChI=1S/C18H17N3O4S/c1-25-17-8-7-15(26(19,23)24)12-16(17)18(22)20-13-5-4-6-14(11-13)21-9-2-3-10-21/h2-12H,1H3,(H,20,22)(H2,19,23,24). The quantitative estimate of drug-likeness (QED) is 0.718. The van der Waals surface area contributed by atoms with Crippen LogP contribution in [0.2, 0.25) is 0 Å². The monoisotopic (exact) mass is 371 g/mol. The van der Waals surface area contributed by atoms with Crippen LogP contribution in [0, 0.1) is 0 Å². The van der Waals surface area contributed by atoms with Gasteiger partial charge in [-0.3, -0.25) is 4.79 Å². The molecule has 1 heterocycles. The Morgan fingerprint density at radius 1 is 1.08 bits per heavy atom. The molecule has 0 radical (unpaired) electrons. The van der Waals surface area contributed by atoms with Crippen molar-refractivity contribution in [1.29, 1.82) is 0 Å². The molecule has 0 saturated carbocycles. The number of anilines is 1. The maximum absolute atomic E-state index is 12.6. The van der Waals surface area contributed by atoms with Crippen LogP contribution >= 0.6 is 0 Å². The Morgan fingerprint density at radius 2 is 1.81 bits per heavy atom. The maximum atomic E-state index is 12.6. The summed E-state index contributed by atoms with van der Waals surface area (Å²) in [6.45, 7) is 0. The largest absolute Gasteiger partial charge is 0.496 e. The summed E-state index contributed by atoms with van der Waals surface area (Å²) in [7, 11) is -2.53. The Hall–Kier alpha value is -3.10. The second-order valence-electron chi connectivity index (χ2n) is 5.50. The minimum Gasteiger partial charge on any atom is -0.496 e. The van der Waals surface area contributed by atoms with E-state index in [9.17, 15) is 13.2 Å². The van der Waals surface area contributed by atoms with Crippen molar-refractivity contribution >= 4 is 21.6 Å². The van der Waals surface area contributed by atoms with Crippen molar-refractivity contribution in [1.82, 2.24) is 4.57 Å². The summed E-state index contributed by atoms with van der Waals surface area (Å²) in [5.74, 6) is -0.256. The fourth-order valence-corrected chi connectivity index (χ4v) is 3.03. The van der Waals surface area contributed by atoms with Gasteiger partial charge >= 0.3 is 0 Å². The predicted octanol–water partition coefficient (Wildman–Crippen LogP) is 2.39. The molecule has 0 spiro atoms. The summed E-state index contributed by atoms with van der Waals surface area (Å²) in [5, 5.41) is 7.89. The number of nitrogens with zero attached hydrogens (tertiary/aromatic N) is 1. The molecular formula is C18H17N3O4S. The summed E-state index contributed by atoms with van der Waals surface area (Å²) in [6, 6.07) is 14.9. The summed E-state index contributed by atoms with van der Waals surface area (Å²) < 4.78 is 30.1. The van der Waals surface area contributed by atoms with E-state index in [4.69, 9.17) is 9.88 Å². The number of rotatable bonds is 5. The zero-order valence-electron chi connectivity index (χ0n) is 13.9. The molecule has 2 aromatic carbocycles. The number of primary sulfonamides is 1. The number of hydrogen-bond acceptors (Lipinski definition) is 4. The van der Waals surface area contributed by atoms with E-state index in [1.165, 1.54) is 25.3 Å². The van der Waals surface area contributed by atoms with Crippen LogP contribution in [0.4, 0.5) is 5.69 Å². The van der Waals surface area contributed by atoms with E-state index < -0.39 is 15.9 Å². The molecule has 3 aromatic rings. The third-order valence-corrected chi connectivity index (χ3v) is 4.66. The fraction of sp³-hybridized carbons (Fsp3) is 0.0556. The molecule has 3 N–H and O–H groups in total. The first kappa shape index (κ1) is 17.7. The van der Waals surface area contributed by atoms with Crippen LogP contribution in [0.25, 0.3) is 5.69 Å². The molecule has 0 aliphatic carbocycles. The SMILES string of the molecule is COc1ccc(S(N)(=O)=O)cc1C(=O)Nc1cccc(-n2cccc2)c1. The number of benzene rings is 2. The maximum Gasteiger partial charge on any atom is 0.259 e. The van der Waals surface area contributed by atoms with Crippen LogP contribution in [-0.2, 0) is 10.0 Å². The van der Waals surface area contributed by atoms with Crippen LogP contribution in [-0.4, -0.2) is 26.0 Å². The smallest absolute Gasteiger partial charge is 0.259 e. The van der Waals surface area contributed by atoms with E-state index in [0.29, 0.717) is 5.69 Å². The van der Waals surface area contributed by atoms with Crippen molar-refractivity contribution in [2.24, 2.45) is 5.14 Å². The van der Waals surface area contributed by atoms with E-state index in [0.717, 1.165) is 5.69 Å². The molecule has 3 rings (SSSR count). The number of sulfonamides is 1. The number of carbonyl (C=O) groups excluding carboxylic acids is 1. The number of methoxy groups -OCH3 is 1. The lowest BCUT2D eigenvalue weighted by atomic mass is 10.1. The number of nitrogens with two attached hydrogens (primary N) is 1. The lowest BCUT2D eigenvalue weighted by Gasteiger charge is -2.12. The molecule has 134 valence electrons. The minimum atomic E-state index is -3.93. The minimum absolute atomic E-state index is 0.0744. The fourth-order valence-electron chi connectivity index (χ4n) is 2.49. The Balaban J connectivity index is 1.92. The molecule has 0 aliphatic heterocycles. The molecule has 7 nitrogen and oxygen atoms in total. The van der Waals surface area contributed by atoms with Crippen LogP contribution in [0.5, 0.6) is 5.75 Å². The number of aromatic nitrogens is 1. The third-order valence-electron chi connectivity index (χ3n) is 3.75. The van der Waals surface area contributed by atoms with E-state index in [-0.39, 0.29) is 16.2 Å². The van der Waals surface area contributed by atoms with Crippen molar-refractivity contribution in [2.45, 2.75) is 4.90 Å². The summed E-state index contributed by atoms with van der Waals surface area (Å²) in [4.78, 5) is 12.5. The predicted molar refractivity (Wildman–Crippen MR) is 98.1 cm³/mol. The molecule has 0 atom stereocenters. The number of carbonyl (C=O) groups is 1. The van der Waals surface area contributed by atoms with Crippen molar-refractivity contribution in [3.63, 3.8) is 0 Å². The van der Waals surface area contributed by atoms with Gasteiger partial charge in [0.25, 0.3) is 5.91 Å². The number of ether oxygens (including phenoxy) is 1. The zero-order valence-corrected chi connectivity index (χ0v) is 14.7. The van der Waals surface area contributed by atoms with Crippen molar-refractivity contribution in [3.05, 3.63) is 72.6 Å². The average molecular weight is 371 g/mol. The van der Waals surface area contributed by atoms with Crippen LogP contribution in [0.3, 0.4) is 0 Å². The van der Waals surface area contributed by atoms with Gasteiger partial charge in [0.1, 0.15) is 5.75 Å².